The fraction of sp³-hybridized carbons (Fsp3) is 0.438. The molecule has 0 fully saturated rings. The van der Waals surface area contributed by atoms with Crippen LogP contribution in [0.25, 0.3) is 0 Å². The van der Waals surface area contributed by atoms with Gasteiger partial charge in [-0.05, 0) is 18.9 Å². The van der Waals surface area contributed by atoms with Crippen LogP contribution in [0.1, 0.15) is 31.4 Å². The van der Waals surface area contributed by atoms with Gasteiger partial charge in [0.25, 0.3) is 0 Å². The van der Waals surface area contributed by atoms with Gasteiger partial charge in [-0.3, -0.25) is 4.68 Å². The Morgan fingerprint density at radius 2 is 2.00 bits per heavy atom. The maximum Gasteiger partial charge on any atom is 0.0659 e. The maximum absolute atomic E-state index is 9.38. The molecule has 4 heteroatoms. The summed E-state index contributed by atoms with van der Waals surface area (Å²) in [5, 5.41) is 17.1. The Balaban J connectivity index is 1.93. The molecule has 1 aromatic carbocycles. The molecule has 4 nitrogen and oxygen atoms in total. The zero-order valence-electron chi connectivity index (χ0n) is 12.2. The monoisotopic (exact) mass is 273 g/mol. The van der Waals surface area contributed by atoms with Crippen molar-refractivity contribution in [1.29, 1.82) is 0 Å². The number of aromatic nitrogens is 2. The van der Waals surface area contributed by atoms with Crippen molar-refractivity contribution in [1.82, 2.24) is 15.1 Å². The van der Waals surface area contributed by atoms with Gasteiger partial charge >= 0.3 is 0 Å². The van der Waals surface area contributed by atoms with Crippen LogP contribution in [0.4, 0.5) is 0 Å². The molecule has 0 saturated heterocycles. The minimum Gasteiger partial charge on any atom is -0.394 e. The van der Waals surface area contributed by atoms with E-state index < -0.39 is 0 Å². The molecule has 0 aliphatic rings. The Labute approximate surface area is 120 Å². The van der Waals surface area contributed by atoms with Crippen LogP contribution in [-0.4, -0.2) is 27.0 Å². The number of nitrogens with one attached hydrogen (secondary N) is 1. The Morgan fingerprint density at radius 3 is 2.65 bits per heavy atom. The van der Waals surface area contributed by atoms with Crippen molar-refractivity contribution in [3.63, 3.8) is 0 Å². The van der Waals surface area contributed by atoms with Crippen LogP contribution < -0.4 is 5.32 Å². The van der Waals surface area contributed by atoms with Crippen LogP contribution in [-0.2, 0) is 13.1 Å². The minimum absolute atomic E-state index is 0.141. The van der Waals surface area contributed by atoms with Crippen LogP contribution in [0.5, 0.6) is 0 Å². The zero-order chi connectivity index (χ0) is 14.4. The summed E-state index contributed by atoms with van der Waals surface area (Å²) in [5.41, 5.74) is 2.15. The number of nitrogens with zero attached hydrogens (tertiary/aromatic N) is 2. The molecule has 1 aromatic heterocycles. The third-order valence-corrected chi connectivity index (χ3v) is 3.72. The van der Waals surface area contributed by atoms with Gasteiger partial charge in [-0.2, -0.15) is 5.10 Å². The molecule has 1 unspecified atom stereocenters. The Morgan fingerprint density at radius 1 is 1.25 bits per heavy atom. The summed E-state index contributed by atoms with van der Waals surface area (Å²) in [5.74, 6) is 0. The number of aliphatic hydroxyl groups excluding tert-OH is 1. The second kappa shape index (κ2) is 6.68. The molecule has 1 heterocycles. The molecule has 0 radical (unpaired) electrons. The lowest BCUT2D eigenvalue weighted by Gasteiger charge is -2.26. The van der Waals surface area contributed by atoms with E-state index in [1.54, 1.807) is 0 Å². The van der Waals surface area contributed by atoms with Crippen molar-refractivity contribution >= 4 is 0 Å². The van der Waals surface area contributed by atoms with Gasteiger partial charge in [0, 0.05) is 23.8 Å². The normalized spacial score (nSPS) is 14.2. The van der Waals surface area contributed by atoms with Gasteiger partial charge < -0.3 is 10.4 Å². The van der Waals surface area contributed by atoms with E-state index in [2.05, 4.69) is 29.5 Å². The summed E-state index contributed by atoms with van der Waals surface area (Å²) in [4.78, 5) is 0. The summed E-state index contributed by atoms with van der Waals surface area (Å²) in [7, 11) is 0. The van der Waals surface area contributed by atoms with E-state index in [1.807, 2.05) is 42.2 Å². The van der Waals surface area contributed by atoms with Gasteiger partial charge in [-0.25, -0.2) is 0 Å². The number of hydrogen-bond donors (Lipinski definition) is 2. The molecule has 2 aromatic rings. The SMILES string of the molecule is CCC(C)(CO)NCc1cnn(Cc2ccccc2)c1. The third-order valence-electron chi connectivity index (χ3n) is 3.72. The Hall–Kier alpha value is -1.65. The highest BCUT2D eigenvalue weighted by Crippen LogP contribution is 2.10. The topological polar surface area (TPSA) is 50.1 Å². The molecular weight excluding hydrogens is 250 g/mol. The largest absolute Gasteiger partial charge is 0.394 e. The highest BCUT2D eigenvalue weighted by atomic mass is 16.3. The molecule has 0 saturated carbocycles. The first-order valence-corrected chi connectivity index (χ1v) is 7.06. The molecule has 0 amide bonds. The third kappa shape index (κ3) is 3.92. The minimum atomic E-state index is -0.221. The van der Waals surface area contributed by atoms with Crippen LogP contribution in [0, 0.1) is 0 Å². The average molecular weight is 273 g/mol. The molecule has 0 aliphatic carbocycles. The second-order valence-corrected chi connectivity index (χ2v) is 5.46. The summed E-state index contributed by atoms with van der Waals surface area (Å²) in [6, 6.07) is 10.3. The average Bonchev–Trinajstić information content (AvgIpc) is 2.93. The zero-order valence-corrected chi connectivity index (χ0v) is 12.2. The van der Waals surface area contributed by atoms with E-state index in [9.17, 15) is 5.11 Å². The van der Waals surface area contributed by atoms with Crippen LogP contribution in [0.3, 0.4) is 0 Å². The van der Waals surface area contributed by atoms with Crippen molar-refractivity contribution in [2.24, 2.45) is 0 Å². The molecular formula is C16H23N3O. The molecule has 1 atom stereocenters. The lowest BCUT2D eigenvalue weighted by molar-refractivity contribution is 0.169. The van der Waals surface area contributed by atoms with Crippen molar-refractivity contribution in [2.75, 3.05) is 6.61 Å². The van der Waals surface area contributed by atoms with Gasteiger partial charge in [0.15, 0.2) is 0 Å². The molecule has 2 rings (SSSR count). The van der Waals surface area contributed by atoms with E-state index >= 15 is 0 Å². The van der Waals surface area contributed by atoms with Crippen LogP contribution in [0.15, 0.2) is 42.7 Å². The van der Waals surface area contributed by atoms with Crippen molar-refractivity contribution in [2.45, 2.75) is 38.9 Å². The number of rotatable bonds is 7. The molecule has 20 heavy (non-hydrogen) atoms. The molecule has 108 valence electrons. The molecule has 0 spiro atoms. The summed E-state index contributed by atoms with van der Waals surface area (Å²) in [6.07, 6.45) is 4.82. The van der Waals surface area contributed by atoms with Crippen molar-refractivity contribution in [3.8, 4) is 0 Å². The van der Waals surface area contributed by atoms with E-state index in [0.717, 1.165) is 25.1 Å². The molecule has 2 N–H and O–H groups in total. The second-order valence-electron chi connectivity index (χ2n) is 5.46. The van der Waals surface area contributed by atoms with Crippen LogP contribution >= 0.6 is 0 Å². The quantitative estimate of drug-likeness (QED) is 0.813. The van der Waals surface area contributed by atoms with E-state index in [1.165, 1.54) is 5.56 Å². The van der Waals surface area contributed by atoms with Gasteiger partial charge in [0.05, 0.1) is 19.3 Å². The van der Waals surface area contributed by atoms with Gasteiger partial charge in [0.1, 0.15) is 0 Å². The van der Waals surface area contributed by atoms with Gasteiger partial charge in [-0.15, -0.1) is 0 Å². The van der Waals surface area contributed by atoms with Gasteiger partial charge in [-0.1, -0.05) is 37.3 Å². The summed E-state index contributed by atoms with van der Waals surface area (Å²) in [6.45, 7) is 5.75. The fourth-order valence-electron chi connectivity index (χ4n) is 1.96. The highest BCUT2D eigenvalue weighted by Gasteiger charge is 2.19. The van der Waals surface area contributed by atoms with E-state index in [-0.39, 0.29) is 12.1 Å². The molecule has 0 bridgehead atoms. The summed E-state index contributed by atoms with van der Waals surface area (Å²) >= 11 is 0. The standard InChI is InChI=1S/C16H23N3O/c1-3-16(2,13-20)17-9-15-10-18-19(12-15)11-14-7-5-4-6-8-14/h4-8,10,12,17,20H,3,9,11,13H2,1-2H3. The Kier molecular flexibility index (Phi) is 4.93. The summed E-state index contributed by atoms with van der Waals surface area (Å²) < 4.78 is 1.94. The number of benzene rings is 1. The van der Waals surface area contributed by atoms with Crippen LogP contribution in [0.2, 0.25) is 0 Å². The number of hydrogen-bond acceptors (Lipinski definition) is 3. The number of aliphatic hydroxyl groups is 1. The predicted octanol–water partition coefficient (Wildman–Crippen LogP) is 2.18. The van der Waals surface area contributed by atoms with Crippen molar-refractivity contribution < 1.29 is 5.11 Å². The Bertz CT molecular complexity index is 518. The fourth-order valence-corrected chi connectivity index (χ4v) is 1.96. The van der Waals surface area contributed by atoms with Crippen molar-refractivity contribution in [3.05, 3.63) is 53.9 Å². The highest BCUT2D eigenvalue weighted by molar-refractivity contribution is 5.15. The molecule has 0 aliphatic heterocycles. The smallest absolute Gasteiger partial charge is 0.0659 e. The first-order valence-electron chi connectivity index (χ1n) is 7.06. The van der Waals surface area contributed by atoms with Gasteiger partial charge in [0.2, 0.25) is 0 Å². The first kappa shape index (κ1) is 14.8. The lowest BCUT2D eigenvalue weighted by atomic mass is 10.0. The van der Waals surface area contributed by atoms with E-state index in [0.29, 0.717) is 0 Å². The predicted molar refractivity (Wildman–Crippen MR) is 80.4 cm³/mol. The lowest BCUT2D eigenvalue weighted by Crippen LogP contribution is -2.44. The maximum atomic E-state index is 9.38. The van der Waals surface area contributed by atoms with E-state index in [4.69, 9.17) is 0 Å². The first-order chi connectivity index (χ1) is 9.65.